The summed E-state index contributed by atoms with van der Waals surface area (Å²) < 4.78 is 14.8. The lowest BCUT2D eigenvalue weighted by Gasteiger charge is -2.04. The number of carboxylic acid groups (broad SMARTS) is 1. The van der Waals surface area contributed by atoms with E-state index in [0.29, 0.717) is 11.2 Å². The molecule has 0 aliphatic heterocycles. The molecule has 0 unspecified atom stereocenters. The van der Waals surface area contributed by atoms with Crippen molar-refractivity contribution in [1.29, 1.82) is 0 Å². The Balaban J connectivity index is 2.54. The fourth-order valence-corrected chi connectivity index (χ4v) is 2.30. The number of nitro benzene ring substituents is 1. The van der Waals surface area contributed by atoms with Gasteiger partial charge in [0.25, 0.3) is 5.69 Å². The number of aromatic nitrogens is 3. The standard InChI is InChI=1S/C10H7FN4O4S/c1-14-10(12-4-13-14)20-8-2-5(9(16)17)6(11)3-7(8)15(18)19/h2-4H,1H3,(H,16,17). The van der Waals surface area contributed by atoms with Gasteiger partial charge < -0.3 is 5.11 Å². The van der Waals surface area contributed by atoms with Gasteiger partial charge in [-0.2, -0.15) is 5.10 Å². The first-order valence-corrected chi connectivity index (χ1v) is 5.95. The Hall–Kier alpha value is -2.49. The highest BCUT2D eigenvalue weighted by atomic mass is 32.2. The number of nitrogens with zero attached hydrogens (tertiary/aromatic N) is 4. The van der Waals surface area contributed by atoms with Gasteiger partial charge in [-0.05, 0) is 17.8 Å². The number of rotatable bonds is 4. The third-order valence-corrected chi connectivity index (χ3v) is 3.45. The van der Waals surface area contributed by atoms with Gasteiger partial charge in [0, 0.05) is 7.05 Å². The van der Waals surface area contributed by atoms with Crippen LogP contribution in [0.5, 0.6) is 0 Å². The number of hydrogen-bond donors (Lipinski definition) is 1. The lowest BCUT2D eigenvalue weighted by atomic mass is 10.2. The lowest BCUT2D eigenvalue weighted by Crippen LogP contribution is -2.03. The van der Waals surface area contributed by atoms with Gasteiger partial charge in [-0.25, -0.2) is 18.9 Å². The SMILES string of the molecule is Cn1ncnc1Sc1cc(C(=O)O)c(F)cc1[N+](=O)[O-]. The van der Waals surface area contributed by atoms with E-state index >= 15 is 0 Å². The van der Waals surface area contributed by atoms with Gasteiger partial charge in [0.05, 0.1) is 21.4 Å². The first-order valence-electron chi connectivity index (χ1n) is 5.13. The van der Waals surface area contributed by atoms with Crippen molar-refractivity contribution in [2.45, 2.75) is 10.1 Å². The molecule has 0 aliphatic carbocycles. The van der Waals surface area contributed by atoms with Gasteiger partial charge in [-0.1, -0.05) is 0 Å². The number of hydrogen-bond acceptors (Lipinski definition) is 6. The Morgan fingerprint density at radius 1 is 1.55 bits per heavy atom. The Bertz CT molecular complexity index is 703. The molecule has 0 saturated heterocycles. The van der Waals surface area contributed by atoms with Crippen LogP contribution in [-0.2, 0) is 7.05 Å². The number of nitro groups is 1. The lowest BCUT2D eigenvalue weighted by molar-refractivity contribution is -0.387. The molecule has 20 heavy (non-hydrogen) atoms. The van der Waals surface area contributed by atoms with E-state index in [4.69, 9.17) is 5.11 Å². The average molecular weight is 298 g/mol. The summed E-state index contributed by atoms with van der Waals surface area (Å²) in [7, 11) is 1.57. The normalized spacial score (nSPS) is 10.5. The van der Waals surface area contributed by atoms with Gasteiger partial charge in [0.1, 0.15) is 12.1 Å². The van der Waals surface area contributed by atoms with E-state index in [-0.39, 0.29) is 4.90 Å². The first kappa shape index (κ1) is 13.9. The van der Waals surface area contributed by atoms with Crippen LogP contribution in [0.4, 0.5) is 10.1 Å². The molecule has 0 radical (unpaired) electrons. The third kappa shape index (κ3) is 2.59. The van der Waals surface area contributed by atoms with E-state index in [1.165, 1.54) is 11.0 Å². The maximum atomic E-state index is 13.5. The van der Waals surface area contributed by atoms with E-state index in [1.54, 1.807) is 7.05 Å². The van der Waals surface area contributed by atoms with E-state index in [1.807, 2.05) is 0 Å². The molecule has 0 bridgehead atoms. The molecule has 10 heteroatoms. The molecule has 1 N–H and O–H groups in total. The van der Waals surface area contributed by atoms with Gasteiger partial charge in [-0.15, -0.1) is 0 Å². The molecular formula is C10H7FN4O4S. The molecule has 0 spiro atoms. The number of aryl methyl sites for hydroxylation is 1. The molecule has 1 heterocycles. The predicted molar refractivity (Wildman–Crippen MR) is 65.1 cm³/mol. The van der Waals surface area contributed by atoms with Crippen LogP contribution < -0.4 is 0 Å². The van der Waals surface area contributed by atoms with E-state index in [2.05, 4.69) is 10.1 Å². The molecule has 8 nitrogen and oxygen atoms in total. The second-order valence-electron chi connectivity index (χ2n) is 3.63. The zero-order valence-corrected chi connectivity index (χ0v) is 10.8. The summed E-state index contributed by atoms with van der Waals surface area (Å²) in [4.78, 5) is 24.8. The summed E-state index contributed by atoms with van der Waals surface area (Å²) in [6, 6.07) is 1.50. The van der Waals surface area contributed by atoms with Crippen LogP contribution in [0.2, 0.25) is 0 Å². The molecular weight excluding hydrogens is 291 g/mol. The number of carbonyl (C=O) groups is 1. The Morgan fingerprint density at radius 2 is 2.25 bits per heavy atom. The van der Waals surface area contributed by atoms with Crippen LogP contribution in [-0.4, -0.2) is 30.8 Å². The zero-order valence-electron chi connectivity index (χ0n) is 9.98. The number of carboxylic acids is 1. The predicted octanol–water partition coefficient (Wildman–Crippen LogP) is 1.71. The minimum Gasteiger partial charge on any atom is -0.478 e. The summed E-state index contributed by atoms with van der Waals surface area (Å²) in [6.45, 7) is 0. The molecule has 0 aliphatic rings. The summed E-state index contributed by atoms with van der Waals surface area (Å²) in [5, 5.41) is 23.9. The first-order chi connectivity index (χ1) is 9.40. The molecule has 0 atom stereocenters. The highest BCUT2D eigenvalue weighted by molar-refractivity contribution is 7.99. The molecule has 1 aromatic heterocycles. The van der Waals surface area contributed by atoms with Crippen LogP contribution in [0.1, 0.15) is 10.4 Å². The fourth-order valence-electron chi connectivity index (χ4n) is 1.41. The largest absolute Gasteiger partial charge is 0.478 e. The second kappa shape index (κ2) is 5.25. The highest BCUT2D eigenvalue weighted by Crippen LogP contribution is 2.35. The smallest absolute Gasteiger partial charge is 0.338 e. The molecule has 2 rings (SSSR count). The third-order valence-electron chi connectivity index (χ3n) is 2.35. The molecule has 2 aromatic rings. The minimum atomic E-state index is -1.50. The van der Waals surface area contributed by atoms with Crippen LogP contribution in [0.15, 0.2) is 28.5 Å². The Labute approximate surface area is 115 Å². The van der Waals surface area contributed by atoms with Crippen molar-refractivity contribution in [3.05, 3.63) is 40.0 Å². The van der Waals surface area contributed by atoms with Crippen LogP contribution >= 0.6 is 11.8 Å². The number of halogens is 1. The monoisotopic (exact) mass is 298 g/mol. The Kier molecular flexibility index (Phi) is 3.66. The number of benzene rings is 1. The maximum absolute atomic E-state index is 13.5. The summed E-state index contributed by atoms with van der Waals surface area (Å²) >= 11 is 0.834. The molecule has 0 fully saturated rings. The summed E-state index contributed by atoms with van der Waals surface area (Å²) in [6.07, 6.45) is 1.25. The fraction of sp³-hybridized carbons (Fsp3) is 0.100. The molecule has 0 saturated carbocycles. The highest BCUT2D eigenvalue weighted by Gasteiger charge is 2.23. The van der Waals surface area contributed by atoms with Crippen molar-refractivity contribution in [2.24, 2.45) is 7.05 Å². The van der Waals surface area contributed by atoms with Gasteiger partial charge in [0.15, 0.2) is 5.16 Å². The van der Waals surface area contributed by atoms with Crippen molar-refractivity contribution < 1.29 is 19.2 Å². The summed E-state index contributed by atoms with van der Waals surface area (Å²) in [5.74, 6) is -2.66. The van der Waals surface area contributed by atoms with Crippen molar-refractivity contribution in [3.8, 4) is 0 Å². The summed E-state index contributed by atoms with van der Waals surface area (Å²) in [5.41, 5.74) is -1.17. The van der Waals surface area contributed by atoms with Gasteiger partial charge >= 0.3 is 5.97 Å². The maximum Gasteiger partial charge on any atom is 0.338 e. The van der Waals surface area contributed by atoms with Gasteiger partial charge in [-0.3, -0.25) is 10.1 Å². The van der Waals surface area contributed by atoms with E-state index in [0.717, 1.165) is 17.8 Å². The molecule has 104 valence electrons. The second-order valence-corrected chi connectivity index (χ2v) is 4.64. The quantitative estimate of drug-likeness (QED) is 0.675. The Morgan fingerprint density at radius 3 is 2.75 bits per heavy atom. The van der Waals surface area contributed by atoms with Crippen molar-refractivity contribution >= 4 is 23.4 Å². The van der Waals surface area contributed by atoms with E-state index < -0.39 is 28.0 Å². The molecule has 0 amide bonds. The van der Waals surface area contributed by atoms with Crippen LogP contribution in [0, 0.1) is 15.9 Å². The van der Waals surface area contributed by atoms with Crippen molar-refractivity contribution in [1.82, 2.24) is 14.8 Å². The average Bonchev–Trinajstić information content (AvgIpc) is 2.76. The van der Waals surface area contributed by atoms with Crippen LogP contribution in [0.25, 0.3) is 0 Å². The minimum absolute atomic E-state index is 0.0232. The zero-order chi connectivity index (χ0) is 14.9. The molecule has 1 aromatic carbocycles. The topological polar surface area (TPSA) is 111 Å². The van der Waals surface area contributed by atoms with Gasteiger partial charge in [0.2, 0.25) is 0 Å². The van der Waals surface area contributed by atoms with Crippen molar-refractivity contribution in [3.63, 3.8) is 0 Å². The number of aromatic carboxylic acids is 1. The van der Waals surface area contributed by atoms with Crippen LogP contribution in [0.3, 0.4) is 0 Å². The van der Waals surface area contributed by atoms with E-state index in [9.17, 15) is 19.3 Å². The van der Waals surface area contributed by atoms with Crippen molar-refractivity contribution in [2.75, 3.05) is 0 Å².